The van der Waals surface area contributed by atoms with Gasteiger partial charge in [-0.15, -0.1) is 0 Å². The lowest BCUT2D eigenvalue weighted by Crippen LogP contribution is -2.45. The molecule has 26 heavy (non-hydrogen) atoms. The molecule has 0 unspecified atom stereocenters. The first-order chi connectivity index (χ1) is 12.8. The lowest BCUT2D eigenvalue weighted by Gasteiger charge is -2.41. The second kappa shape index (κ2) is 7.04. The van der Waals surface area contributed by atoms with Gasteiger partial charge >= 0.3 is 0 Å². The number of benzene rings is 2. The quantitative estimate of drug-likeness (QED) is 0.703. The van der Waals surface area contributed by atoms with Crippen molar-refractivity contribution in [2.24, 2.45) is 0 Å². The lowest BCUT2D eigenvalue weighted by atomic mass is 9.91. The number of hydrogen-bond donors (Lipinski definition) is 0. The van der Waals surface area contributed by atoms with Gasteiger partial charge in [0.2, 0.25) is 0 Å². The summed E-state index contributed by atoms with van der Waals surface area (Å²) < 4.78 is 10.7. The monoisotopic (exact) mass is 347 g/mol. The highest BCUT2D eigenvalue weighted by Crippen LogP contribution is 2.36. The summed E-state index contributed by atoms with van der Waals surface area (Å²) in [7, 11) is 3.37. The topological polar surface area (TPSA) is 47.5 Å². The van der Waals surface area contributed by atoms with Crippen LogP contribution in [0.25, 0.3) is 11.3 Å². The summed E-state index contributed by atoms with van der Waals surface area (Å²) in [6, 6.07) is 16.1. The molecule has 3 aromatic rings. The normalized spacial score (nSPS) is 14.0. The Hall–Kier alpha value is -3.08. The van der Waals surface area contributed by atoms with E-state index in [1.54, 1.807) is 26.6 Å². The van der Waals surface area contributed by atoms with Gasteiger partial charge in [-0.25, -0.2) is 0 Å². The molecule has 0 bridgehead atoms. The predicted octanol–water partition coefficient (Wildman–Crippen LogP) is 3.76. The zero-order chi connectivity index (χ0) is 17.9. The summed E-state index contributed by atoms with van der Waals surface area (Å²) in [5.74, 6) is 2.06. The van der Waals surface area contributed by atoms with Gasteiger partial charge in [0, 0.05) is 48.7 Å². The summed E-state index contributed by atoms with van der Waals surface area (Å²) in [6.07, 6.45) is 3.52. The molecule has 0 radical (unpaired) electrons. The molecule has 0 N–H and O–H groups in total. The van der Waals surface area contributed by atoms with E-state index in [4.69, 9.17) is 9.47 Å². The fourth-order valence-electron chi connectivity index (χ4n) is 3.31. The van der Waals surface area contributed by atoms with Crippen LogP contribution in [0.2, 0.25) is 0 Å². The summed E-state index contributed by atoms with van der Waals surface area (Å²) >= 11 is 0. The van der Waals surface area contributed by atoms with E-state index in [0.717, 1.165) is 41.5 Å². The fourth-order valence-corrected chi connectivity index (χ4v) is 3.31. The lowest BCUT2D eigenvalue weighted by molar-refractivity contribution is 0.414. The Kier molecular flexibility index (Phi) is 4.44. The van der Waals surface area contributed by atoms with Crippen LogP contribution < -0.4 is 14.4 Å². The zero-order valence-corrected chi connectivity index (χ0v) is 14.9. The van der Waals surface area contributed by atoms with E-state index in [1.807, 2.05) is 30.3 Å². The SMILES string of the molecule is COc1cccc(-c2nccnc2C2CN(c3cccc(OC)c3)C2)c1. The third-order valence-electron chi connectivity index (χ3n) is 4.76. The molecule has 1 saturated heterocycles. The molecule has 0 spiro atoms. The van der Waals surface area contributed by atoms with Crippen LogP contribution in [0.15, 0.2) is 60.9 Å². The maximum absolute atomic E-state index is 5.35. The molecule has 0 aliphatic carbocycles. The van der Waals surface area contributed by atoms with Gasteiger partial charge in [-0.05, 0) is 24.3 Å². The minimum atomic E-state index is 0.358. The second-order valence-corrected chi connectivity index (χ2v) is 6.33. The van der Waals surface area contributed by atoms with Crippen LogP contribution in [0.1, 0.15) is 11.6 Å². The minimum Gasteiger partial charge on any atom is -0.497 e. The number of ether oxygens (including phenoxy) is 2. The third-order valence-corrected chi connectivity index (χ3v) is 4.76. The molecular weight excluding hydrogens is 326 g/mol. The Morgan fingerprint density at radius 1 is 0.885 bits per heavy atom. The molecule has 5 nitrogen and oxygen atoms in total. The van der Waals surface area contributed by atoms with Crippen molar-refractivity contribution in [3.05, 3.63) is 66.6 Å². The van der Waals surface area contributed by atoms with Crippen molar-refractivity contribution >= 4 is 5.69 Å². The Balaban J connectivity index is 1.56. The third kappa shape index (κ3) is 3.08. The van der Waals surface area contributed by atoms with Gasteiger partial charge in [-0.1, -0.05) is 18.2 Å². The molecule has 4 rings (SSSR count). The Bertz CT molecular complexity index is 907. The Morgan fingerprint density at radius 3 is 2.35 bits per heavy atom. The van der Waals surface area contributed by atoms with E-state index < -0.39 is 0 Å². The highest BCUT2D eigenvalue weighted by molar-refractivity contribution is 5.65. The van der Waals surface area contributed by atoms with Crippen molar-refractivity contribution in [1.29, 1.82) is 0 Å². The van der Waals surface area contributed by atoms with Crippen LogP contribution in [0.4, 0.5) is 5.69 Å². The zero-order valence-electron chi connectivity index (χ0n) is 14.9. The average molecular weight is 347 g/mol. The van der Waals surface area contributed by atoms with Crippen LogP contribution in [-0.2, 0) is 0 Å². The maximum Gasteiger partial charge on any atom is 0.120 e. The summed E-state index contributed by atoms with van der Waals surface area (Å²) in [5, 5.41) is 0. The fraction of sp³-hybridized carbons (Fsp3) is 0.238. The van der Waals surface area contributed by atoms with E-state index >= 15 is 0 Å². The van der Waals surface area contributed by atoms with Gasteiger partial charge in [0.1, 0.15) is 11.5 Å². The van der Waals surface area contributed by atoms with Gasteiger partial charge < -0.3 is 14.4 Å². The Labute approximate surface area is 153 Å². The molecule has 0 amide bonds. The van der Waals surface area contributed by atoms with Gasteiger partial charge in [0.15, 0.2) is 0 Å². The molecule has 5 heteroatoms. The molecule has 1 aromatic heterocycles. The number of anilines is 1. The average Bonchev–Trinajstić information content (AvgIpc) is 2.67. The number of rotatable bonds is 5. The van der Waals surface area contributed by atoms with Crippen LogP contribution in [0.3, 0.4) is 0 Å². The van der Waals surface area contributed by atoms with Gasteiger partial charge in [-0.2, -0.15) is 0 Å². The molecule has 1 aliphatic heterocycles. The number of aromatic nitrogens is 2. The van der Waals surface area contributed by atoms with Crippen LogP contribution in [-0.4, -0.2) is 37.3 Å². The summed E-state index contributed by atoms with van der Waals surface area (Å²) in [5.41, 5.74) is 4.18. The maximum atomic E-state index is 5.35. The van der Waals surface area contributed by atoms with Crippen molar-refractivity contribution in [1.82, 2.24) is 9.97 Å². The largest absolute Gasteiger partial charge is 0.497 e. The van der Waals surface area contributed by atoms with E-state index in [9.17, 15) is 0 Å². The van der Waals surface area contributed by atoms with E-state index in [-0.39, 0.29) is 0 Å². The van der Waals surface area contributed by atoms with E-state index in [2.05, 4.69) is 33.1 Å². The Morgan fingerprint density at radius 2 is 1.58 bits per heavy atom. The van der Waals surface area contributed by atoms with Crippen molar-refractivity contribution in [2.45, 2.75) is 5.92 Å². The van der Waals surface area contributed by atoms with Crippen molar-refractivity contribution in [3.8, 4) is 22.8 Å². The first-order valence-electron chi connectivity index (χ1n) is 8.63. The molecule has 2 aromatic carbocycles. The van der Waals surface area contributed by atoms with Crippen molar-refractivity contribution < 1.29 is 9.47 Å². The highest BCUT2D eigenvalue weighted by Gasteiger charge is 2.32. The molecule has 0 saturated carbocycles. The van der Waals surface area contributed by atoms with Gasteiger partial charge in [-0.3, -0.25) is 9.97 Å². The van der Waals surface area contributed by atoms with Gasteiger partial charge in [0.05, 0.1) is 25.6 Å². The van der Waals surface area contributed by atoms with Gasteiger partial charge in [0.25, 0.3) is 0 Å². The van der Waals surface area contributed by atoms with Crippen LogP contribution in [0.5, 0.6) is 11.5 Å². The van der Waals surface area contributed by atoms with E-state index in [1.165, 1.54) is 5.69 Å². The summed E-state index contributed by atoms with van der Waals surface area (Å²) in [6.45, 7) is 1.84. The van der Waals surface area contributed by atoms with Crippen molar-refractivity contribution in [3.63, 3.8) is 0 Å². The molecule has 0 atom stereocenters. The summed E-state index contributed by atoms with van der Waals surface area (Å²) in [4.78, 5) is 11.6. The van der Waals surface area contributed by atoms with E-state index in [0.29, 0.717) is 5.92 Å². The highest BCUT2D eigenvalue weighted by atomic mass is 16.5. The first kappa shape index (κ1) is 16.4. The number of methoxy groups -OCH3 is 2. The molecule has 132 valence electrons. The minimum absolute atomic E-state index is 0.358. The van der Waals surface area contributed by atoms with Crippen molar-refractivity contribution in [2.75, 3.05) is 32.2 Å². The number of hydrogen-bond acceptors (Lipinski definition) is 5. The smallest absolute Gasteiger partial charge is 0.120 e. The molecule has 2 heterocycles. The van der Waals surface area contributed by atoms with Crippen LogP contribution in [0, 0.1) is 0 Å². The number of nitrogens with zero attached hydrogens (tertiary/aromatic N) is 3. The predicted molar refractivity (Wildman–Crippen MR) is 102 cm³/mol. The molecule has 1 aliphatic rings. The van der Waals surface area contributed by atoms with Crippen LogP contribution >= 0.6 is 0 Å². The second-order valence-electron chi connectivity index (χ2n) is 6.33. The first-order valence-corrected chi connectivity index (χ1v) is 8.63. The molecule has 1 fully saturated rings. The standard InChI is InChI=1S/C21H21N3O2/c1-25-18-7-3-5-15(11-18)20-21(23-10-9-22-20)16-13-24(14-16)17-6-4-8-19(12-17)26-2/h3-12,16H,13-14H2,1-2H3. The molecular formula is C21H21N3O2.